The van der Waals surface area contributed by atoms with E-state index in [0.29, 0.717) is 37.1 Å². The fraction of sp³-hybridized carbons (Fsp3) is 0.485. The molecule has 0 saturated carbocycles. The van der Waals surface area contributed by atoms with E-state index in [0.717, 1.165) is 6.08 Å². The first-order chi connectivity index (χ1) is 22.3. The molecule has 2 saturated heterocycles. The number of likely N-dealkylation sites (tertiary alicyclic amines) is 2. The Hall–Kier alpha value is -4.37. The van der Waals surface area contributed by atoms with Crippen molar-refractivity contribution in [3.8, 4) is 29.4 Å². The van der Waals surface area contributed by atoms with Crippen LogP contribution in [0.3, 0.4) is 0 Å². The number of halogens is 2. The number of aromatic nitrogens is 3. The normalized spacial score (nSPS) is 23.4. The maximum Gasteiger partial charge on any atom is 0.246 e. The van der Waals surface area contributed by atoms with Gasteiger partial charge in [-0.1, -0.05) is 29.9 Å². The van der Waals surface area contributed by atoms with Crippen molar-refractivity contribution in [2.24, 2.45) is 0 Å². The van der Waals surface area contributed by atoms with Crippen molar-refractivity contribution >= 4 is 5.91 Å². The fourth-order valence-electron chi connectivity index (χ4n) is 6.16. The summed E-state index contributed by atoms with van der Waals surface area (Å²) in [6.07, 6.45) is 0.204. The number of carbonyl (C=O) groups excluding carboxylic acids is 1. The van der Waals surface area contributed by atoms with Gasteiger partial charge in [-0.3, -0.25) is 9.69 Å². The van der Waals surface area contributed by atoms with Crippen LogP contribution in [0.1, 0.15) is 60.5 Å². The Bertz CT molecular complexity index is 1660. The second-order valence-corrected chi connectivity index (χ2v) is 12.2. The van der Waals surface area contributed by atoms with Crippen LogP contribution in [0.2, 0.25) is 0 Å². The van der Waals surface area contributed by atoms with Crippen LogP contribution in [0, 0.1) is 17.1 Å². The van der Waals surface area contributed by atoms with Crippen LogP contribution in [-0.2, 0) is 10.2 Å². The second-order valence-electron chi connectivity index (χ2n) is 12.2. The molecule has 0 N–H and O–H groups in total. The van der Waals surface area contributed by atoms with Crippen molar-refractivity contribution in [2.75, 3.05) is 20.1 Å². The molecule has 2 aliphatic heterocycles. The standard InChI is InChI=1S/C33H38F2N6O4/c1-6-31(42)41-14-12-23(16-22(41)11-13-36)44-30-18-29(43-20(2)26-15-21(34)19-40(26)5)37-32(38-30)27-17-28(39-45-27)33(3,4)24-9-7-8-10-25(24)35/h6-10,17-18,20-23,26H,1,11-12,14-16,19H2,2-5H3/t20-,21-,22+,23-,26-/m0/s1/i1D2. The number of amides is 1. The van der Waals surface area contributed by atoms with Crippen LogP contribution in [0.5, 0.6) is 11.8 Å². The Labute approximate surface area is 264 Å². The number of likely N-dealkylation sites (N-methyl/N-ethyl adjacent to an activating group) is 1. The lowest BCUT2D eigenvalue weighted by Gasteiger charge is -2.37. The van der Waals surface area contributed by atoms with Gasteiger partial charge in [0.1, 0.15) is 24.2 Å². The number of ether oxygens (including phenoxy) is 2. The van der Waals surface area contributed by atoms with E-state index in [-0.39, 0.29) is 48.2 Å². The maximum absolute atomic E-state index is 14.7. The first-order valence-corrected chi connectivity index (χ1v) is 15.0. The molecule has 5 rings (SSSR count). The van der Waals surface area contributed by atoms with E-state index in [2.05, 4.69) is 21.2 Å². The zero-order valence-corrected chi connectivity index (χ0v) is 25.7. The van der Waals surface area contributed by atoms with Crippen molar-refractivity contribution < 1.29 is 30.3 Å². The van der Waals surface area contributed by atoms with Gasteiger partial charge in [0, 0.05) is 49.5 Å². The van der Waals surface area contributed by atoms with Crippen molar-refractivity contribution in [2.45, 2.75) is 82.3 Å². The van der Waals surface area contributed by atoms with E-state index in [1.807, 2.05) is 32.7 Å². The zero-order valence-electron chi connectivity index (χ0n) is 27.7. The third kappa shape index (κ3) is 6.99. The molecule has 2 aliphatic rings. The molecule has 10 nitrogen and oxygen atoms in total. The minimum atomic E-state index is -0.954. The number of hydrogen-bond acceptors (Lipinski definition) is 9. The van der Waals surface area contributed by atoms with Gasteiger partial charge in [-0.15, -0.1) is 0 Å². The third-order valence-corrected chi connectivity index (χ3v) is 8.68. The average Bonchev–Trinajstić information content (AvgIpc) is 3.64. The average molecular weight is 623 g/mol. The lowest BCUT2D eigenvalue weighted by atomic mass is 9.81. The predicted octanol–water partition coefficient (Wildman–Crippen LogP) is 5.24. The minimum absolute atomic E-state index is 0.0504. The topological polar surface area (TPSA) is 118 Å². The van der Waals surface area contributed by atoms with E-state index in [4.69, 9.17) is 16.7 Å². The van der Waals surface area contributed by atoms with Gasteiger partial charge in [-0.2, -0.15) is 15.2 Å². The summed E-state index contributed by atoms with van der Waals surface area (Å²) in [5.74, 6) is -0.226. The summed E-state index contributed by atoms with van der Waals surface area (Å²) < 4.78 is 61.7. The number of piperidine rings is 1. The Kier molecular flexibility index (Phi) is 8.69. The summed E-state index contributed by atoms with van der Waals surface area (Å²) in [6.45, 7) is 5.47. The minimum Gasteiger partial charge on any atom is -0.474 e. The van der Waals surface area contributed by atoms with Crippen LogP contribution >= 0.6 is 0 Å². The summed E-state index contributed by atoms with van der Waals surface area (Å²) in [5, 5.41) is 13.6. The van der Waals surface area contributed by atoms with Gasteiger partial charge in [0.25, 0.3) is 0 Å². The molecule has 5 atom stereocenters. The van der Waals surface area contributed by atoms with Gasteiger partial charge in [-0.05, 0) is 51.9 Å². The van der Waals surface area contributed by atoms with Gasteiger partial charge in [0.2, 0.25) is 29.3 Å². The van der Waals surface area contributed by atoms with Crippen molar-refractivity contribution in [1.82, 2.24) is 24.9 Å². The SMILES string of the molecule is [2H]C([2H])=CC(=O)N1CC[C@H](Oc2cc(O[C@@H](C)[C@@H]3C[C@H](F)CN3C)nc(-c3cc(C(C)(C)c4ccccc4F)no3)n2)C[C@H]1CC#N. The largest absolute Gasteiger partial charge is 0.474 e. The molecule has 0 radical (unpaired) electrons. The third-order valence-electron chi connectivity index (χ3n) is 8.68. The smallest absolute Gasteiger partial charge is 0.246 e. The highest BCUT2D eigenvalue weighted by Crippen LogP contribution is 2.35. The molecule has 1 amide bonds. The van der Waals surface area contributed by atoms with Crippen LogP contribution in [-0.4, -0.2) is 81.4 Å². The lowest BCUT2D eigenvalue weighted by molar-refractivity contribution is -0.130. The highest BCUT2D eigenvalue weighted by atomic mass is 19.1. The van der Waals surface area contributed by atoms with Crippen molar-refractivity contribution in [1.29, 1.82) is 5.26 Å². The molecule has 4 heterocycles. The van der Waals surface area contributed by atoms with Crippen LogP contribution in [0.25, 0.3) is 11.6 Å². The van der Waals surface area contributed by atoms with E-state index >= 15 is 0 Å². The van der Waals surface area contributed by atoms with Gasteiger partial charge >= 0.3 is 0 Å². The van der Waals surface area contributed by atoms with Crippen LogP contribution in [0.15, 0.2) is 53.5 Å². The summed E-state index contributed by atoms with van der Waals surface area (Å²) in [6, 6.07) is 11.1. The van der Waals surface area contributed by atoms with E-state index < -0.39 is 42.3 Å². The van der Waals surface area contributed by atoms with Gasteiger partial charge in [-0.25, -0.2) is 8.78 Å². The Balaban J connectivity index is 1.43. The number of carbonyl (C=O) groups is 1. The first kappa shape index (κ1) is 29.3. The summed E-state index contributed by atoms with van der Waals surface area (Å²) in [7, 11) is 1.84. The Morgan fingerprint density at radius 3 is 2.80 bits per heavy atom. The molecule has 0 aliphatic carbocycles. The monoisotopic (exact) mass is 622 g/mol. The summed E-state index contributed by atoms with van der Waals surface area (Å²) in [4.78, 5) is 25.1. The van der Waals surface area contributed by atoms with Gasteiger partial charge in [0.05, 0.1) is 27.0 Å². The molecule has 2 aromatic heterocycles. The number of nitrogens with zero attached hydrogens (tertiary/aromatic N) is 6. The van der Waals surface area contributed by atoms with Crippen LogP contribution in [0.4, 0.5) is 8.78 Å². The zero-order chi connectivity index (χ0) is 33.9. The fourth-order valence-corrected chi connectivity index (χ4v) is 6.16. The van der Waals surface area contributed by atoms with Crippen LogP contribution < -0.4 is 9.47 Å². The Morgan fingerprint density at radius 2 is 2.09 bits per heavy atom. The molecule has 2 fully saturated rings. The van der Waals surface area contributed by atoms with E-state index in [9.17, 15) is 18.8 Å². The molecule has 238 valence electrons. The molecule has 45 heavy (non-hydrogen) atoms. The van der Waals surface area contributed by atoms with Gasteiger partial charge in [0.15, 0.2) is 0 Å². The molecular formula is C33H38F2N6O4. The molecule has 0 spiro atoms. The second kappa shape index (κ2) is 13.3. The number of rotatable bonds is 10. The number of alkyl halides is 1. The van der Waals surface area contributed by atoms with Crippen molar-refractivity contribution in [3.05, 3.63) is 66.1 Å². The van der Waals surface area contributed by atoms with Crippen molar-refractivity contribution in [3.63, 3.8) is 0 Å². The summed E-state index contributed by atoms with van der Waals surface area (Å²) >= 11 is 0. The first-order valence-electron chi connectivity index (χ1n) is 16.0. The number of benzene rings is 1. The molecule has 12 heteroatoms. The summed E-state index contributed by atoms with van der Waals surface area (Å²) in [5.41, 5.74) is 0.0533. The van der Waals surface area contributed by atoms with E-state index in [1.54, 1.807) is 24.3 Å². The molecule has 0 unspecified atom stereocenters. The number of hydrogen-bond donors (Lipinski definition) is 0. The molecular weight excluding hydrogens is 582 g/mol. The van der Waals surface area contributed by atoms with E-state index in [1.165, 1.54) is 17.0 Å². The highest BCUT2D eigenvalue weighted by molar-refractivity contribution is 5.87. The maximum atomic E-state index is 14.7. The molecule has 3 aromatic rings. The molecule has 1 aromatic carbocycles. The van der Waals surface area contributed by atoms with Gasteiger partial charge < -0.3 is 18.9 Å². The molecule has 0 bridgehead atoms. The highest BCUT2D eigenvalue weighted by Gasteiger charge is 2.36. The predicted molar refractivity (Wildman–Crippen MR) is 162 cm³/mol. The lowest BCUT2D eigenvalue weighted by Crippen LogP contribution is -2.48. The Morgan fingerprint density at radius 1 is 1.31 bits per heavy atom. The quantitative estimate of drug-likeness (QED) is 0.280. The number of nitriles is 1.